The smallest absolute Gasteiger partial charge is 0.315 e. The zero-order valence-corrected chi connectivity index (χ0v) is 14.5. The van der Waals surface area contributed by atoms with Gasteiger partial charge in [-0.1, -0.05) is 0 Å². The summed E-state index contributed by atoms with van der Waals surface area (Å²) in [4.78, 5) is 16.2. The van der Waals surface area contributed by atoms with Crippen molar-refractivity contribution in [2.45, 2.75) is 69.4 Å². The van der Waals surface area contributed by atoms with E-state index in [2.05, 4.69) is 15.6 Å². The van der Waals surface area contributed by atoms with Crippen molar-refractivity contribution in [3.05, 3.63) is 23.9 Å². The van der Waals surface area contributed by atoms with Gasteiger partial charge in [0, 0.05) is 24.3 Å². The van der Waals surface area contributed by atoms with E-state index in [1.165, 1.54) is 6.92 Å². The second-order valence-electron chi connectivity index (χ2n) is 7.33. The summed E-state index contributed by atoms with van der Waals surface area (Å²) >= 11 is 0. The highest BCUT2D eigenvalue weighted by atomic mass is 19.1. The normalized spacial score (nSPS) is 29.1. The SMILES string of the molecule is CC(F)COc1cc(CNC(=O)NC23CCC(F)(CC2)CC3)ccn1. The molecule has 3 aliphatic rings. The fourth-order valence-electron chi connectivity index (χ4n) is 3.63. The molecular weight excluding hydrogens is 328 g/mol. The van der Waals surface area contributed by atoms with E-state index in [0.29, 0.717) is 50.9 Å². The summed E-state index contributed by atoms with van der Waals surface area (Å²) in [5.74, 6) is 0.335. The maximum Gasteiger partial charge on any atom is 0.315 e. The molecule has 1 heterocycles. The number of carbonyl (C=O) groups is 1. The molecule has 0 aromatic carbocycles. The Bertz CT molecular complexity index is 600. The summed E-state index contributed by atoms with van der Waals surface area (Å²) in [6.07, 6.45) is 4.20. The van der Waals surface area contributed by atoms with E-state index in [0.717, 1.165) is 5.56 Å². The molecule has 1 aromatic rings. The van der Waals surface area contributed by atoms with Crippen LogP contribution in [0.5, 0.6) is 5.88 Å². The third-order valence-corrected chi connectivity index (χ3v) is 5.25. The zero-order valence-electron chi connectivity index (χ0n) is 14.5. The highest BCUT2D eigenvalue weighted by Gasteiger charge is 2.49. The number of fused-ring (bicyclic) bond motifs is 3. The molecule has 2 amide bonds. The maximum absolute atomic E-state index is 14.2. The summed E-state index contributed by atoms with van der Waals surface area (Å²) in [5, 5.41) is 5.87. The number of nitrogens with one attached hydrogen (secondary N) is 2. The minimum Gasteiger partial charge on any atom is -0.475 e. The van der Waals surface area contributed by atoms with Crippen LogP contribution in [-0.2, 0) is 6.54 Å². The summed E-state index contributed by atoms with van der Waals surface area (Å²) in [5.41, 5.74) is -0.453. The highest BCUT2D eigenvalue weighted by molar-refractivity contribution is 5.74. The first-order valence-electron chi connectivity index (χ1n) is 8.85. The van der Waals surface area contributed by atoms with Crippen LogP contribution in [-0.4, -0.2) is 35.0 Å². The molecule has 0 radical (unpaired) electrons. The number of alkyl halides is 2. The van der Waals surface area contributed by atoms with E-state index in [1.807, 2.05) is 0 Å². The van der Waals surface area contributed by atoms with Gasteiger partial charge < -0.3 is 15.4 Å². The monoisotopic (exact) mass is 353 g/mol. The quantitative estimate of drug-likeness (QED) is 0.824. The van der Waals surface area contributed by atoms with Gasteiger partial charge in [-0.3, -0.25) is 0 Å². The van der Waals surface area contributed by atoms with Gasteiger partial charge >= 0.3 is 6.03 Å². The van der Waals surface area contributed by atoms with Crippen LogP contribution in [0.2, 0.25) is 0 Å². The number of ether oxygens (including phenoxy) is 1. The molecule has 3 fully saturated rings. The summed E-state index contributed by atoms with van der Waals surface area (Å²) in [6.45, 7) is 1.68. The Kier molecular flexibility index (Phi) is 5.11. The molecule has 7 heteroatoms. The third-order valence-electron chi connectivity index (χ3n) is 5.25. The molecule has 25 heavy (non-hydrogen) atoms. The minimum atomic E-state index is -1.07. The lowest BCUT2D eigenvalue weighted by molar-refractivity contribution is -0.00342. The minimum absolute atomic E-state index is 0.0526. The number of carbonyl (C=O) groups excluding carboxylic acids is 1. The zero-order chi connectivity index (χ0) is 17.9. The van der Waals surface area contributed by atoms with E-state index >= 15 is 0 Å². The van der Waals surface area contributed by atoms with Crippen molar-refractivity contribution < 1.29 is 18.3 Å². The van der Waals surface area contributed by atoms with Gasteiger partial charge in [-0.25, -0.2) is 18.6 Å². The van der Waals surface area contributed by atoms with Gasteiger partial charge in [0.05, 0.1) is 0 Å². The Morgan fingerprint density at radius 3 is 2.64 bits per heavy atom. The molecule has 1 atom stereocenters. The molecule has 1 unspecified atom stereocenters. The van der Waals surface area contributed by atoms with E-state index in [9.17, 15) is 13.6 Å². The third kappa shape index (κ3) is 4.58. The van der Waals surface area contributed by atoms with Gasteiger partial charge in [0.1, 0.15) is 18.4 Å². The molecule has 138 valence electrons. The van der Waals surface area contributed by atoms with Crippen molar-refractivity contribution in [2.75, 3.05) is 6.61 Å². The van der Waals surface area contributed by atoms with Crippen molar-refractivity contribution >= 4 is 6.03 Å². The second kappa shape index (κ2) is 7.14. The van der Waals surface area contributed by atoms with Gasteiger partial charge in [-0.05, 0) is 57.1 Å². The highest BCUT2D eigenvalue weighted by Crippen LogP contribution is 2.48. The van der Waals surface area contributed by atoms with E-state index in [1.54, 1.807) is 18.3 Å². The number of urea groups is 1. The molecule has 0 saturated heterocycles. The average Bonchev–Trinajstić information content (AvgIpc) is 2.60. The van der Waals surface area contributed by atoms with Crippen LogP contribution in [0.3, 0.4) is 0 Å². The Morgan fingerprint density at radius 2 is 2.00 bits per heavy atom. The van der Waals surface area contributed by atoms with Crippen molar-refractivity contribution in [3.8, 4) is 5.88 Å². The fraction of sp³-hybridized carbons (Fsp3) is 0.667. The molecule has 0 aliphatic heterocycles. The summed E-state index contributed by atoms with van der Waals surface area (Å²) in [7, 11) is 0. The van der Waals surface area contributed by atoms with E-state index in [4.69, 9.17) is 4.74 Å². The van der Waals surface area contributed by atoms with E-state index in [-0.39, 0.29) is 18.2 Å². The lowest BCUT2D eigenvalue weighted by atomic mass is 9.64. The number of rotatable bonds is 6. The van der Waals surface area contributed by atoms with Gasteiger partial charge in [0.2, 0.25) is 5.88 Å². The topological polar surface area (TPSA) is 63.2 Å². The number of aromatic nitrogens is 1. The number of amides is 2. The van der Waals surface area contributed by atoms with Crippen molar-refractivity contribution in [1.82, 2.24) is 15.6 Å². The molecule has 0 spiro atoms. The number of halogens is 2. The molecular formula is C18H25F2N3O2. The van der Waals surface area contributed by atoms with Crippen LogP contribution >= 0.6 is 0 Å². The van der Waals surface area contributed by atoms with Gasteiger partial charge in [-0.15, -0.1) is 0 Å². The van der Waals surface area contributed by atoms with Crippen LogP contribution in [0.1, 0.15) is 51.0 Å². The molecule has 5 nitrogen and oxygen atoms in total. The largest absolute Gasteiger partial charge is 0.475 e. The molecule has 3 aliphatic carbocycles. The van der Waals surface area contributed by atoms with Crippen LogP contribution in [0.15, 0.2) is 18.3 Å². The Balaban J connectivity index is 1.48. The Morgan fingerprint density at radius 1 is 1.32 bits per heavy atom. The van der Waals surface area contributed by atoms with Crippen LogP contribution < -0.4 is 15.4 Å². The average molecular weight is 353 g/mol. The fourth-order valence-corrected chi connectivity index (χ4v) is 3.63. The van der Waals surface area contributed by atoms with Gasteiger partial charge in [0.25, 0.3) is 0 Å². The van der Waals surface area contributed by atoms with Crippen LogP contribution in [0, 0.1) is 0 Å². The predicted octanol–water partition coefficient (Wildman–Crippen LogP) is 3.43. The van der Waals surface area contributed by atoms with Gasteiger partial charge in [0.15, 0.2) is 0 Å². The van der Waals surface area contributed by atoms with Gasteiger partial charge in [-0.2, -0.15) is 0 Å². The molecule has 1 aromatic heterocycles. The number of nitrogens with zero attached hydrogens (tertiary/aromatic N) is 1. The lowest BCUT2D eigenvalue weighted by Gasteiger charge is -2.49. The number of hydrogen-bond acceptors (Lipinski definition) is 3. The van der Waals surface area contributed by atoms with Crippen LogP contribution in [0.25, 0.3) is 0 Å². The first-order chi connectivity index (χ1) is 11.9. The van der Waals surface area contributed by atoms with Crippen LogP contribution in [0.4, 0.5) is 13.6 Å². The second-order valence-corrected chi connectivity index (χ2v) is 7.33. The Hall–Kier alpha value is -1.92. The first-order valence-corrected chi connectivity index (χ1v) is 8.85. The molecule has 3 saturated carbocycles. The first kappa shape index (κ1) is 17.9. The number of pyridine rings is 1. The predicted molar refractivity (Wildman–Crippen MR) is 89.9 cm³/mol. The molecule has 2 N–H and O–H groups in total. The number of hydrogen-bond donors (Lipinski definition) is 2. The lowest BCUT2D eigenvalue weighted by Crippen LogP contribution is -2.59. The van der Waals surface area contributed by atoms with Crippen molar-refractivity contribution in [2.24, 2.45) is 0 Å². The van der Waals surface area contributed by atoms with E-state index < -0.39 is 11.8 Å². The summed E-state index contributed by atoms with van der Waals surface area (Å²) < 4.78 is 32.3. The molecule has 4 rings (SSSR count). The maximum atomic E-state index is 14.2. The standard InChI is InChI=1S/C18H25F2N3O2/c1-13(19)12-25-15-10-14(2-9-21-15)11-22-16(24)23-18-6-3-17(20,4-7-18)5-8-18/h2,9-10,13H,3-8,11-12H2,1H3,(H2,22,23,24). The van der Waals surface area contributed by atoms with Crippen molar-refractivity contribution in [1.29, 1.82) is 0 Å². The van der Waals surface area contributed by atoms with Crippen molar-refractivity contribution in [3.63, 3.8) is 0 Å². The summed E-state index contributed by atoms with van der Waals surface area (Å²) in [6, 6.07) is 3.20. The molecule has 2 bridgehead atoms. The Labute approximate surface area is 146 Å².